The van der Waals surface area contributed by atoms with Gasteiger partial charge >= 0.3 is 6.03 Å². The number of anilines is 1. The Kier molecular flexibility index (Phi) is 4.37. The van der Waals surface area contributed by atoms with E-state index < -0.39 is 17.5 Å². The Balaban J connectivity index is 1.55. The third-order valence-electron chi connectivity index (χ3n) is 3.49. The van der Waals surface area contributed by atoms with Gasteiger partial charge in [0.1, 0.15) is 5.75 Å². The van der Waals surface area contributed by atoms with Crippen LogP contribution in [0, 0.1) is 0 Å². The van der Waals surface area contributed by atoms with Gasteiger partial charge in [-0.15, -0.1) is 10.2 Å². The molecule has 2 atom stereocenters. The number of aromatic nitrogens is 2. The molecule has 1 heterocycles. The second-order valence-electron chi connectivity index (χ2n) is 5.04. The first kappa shape index (κ1) is 15.6. The second-order valence-corrected chi connectivity index (χ2v) is 6.04. The minimum atomic E-state index is -2.69. The van der Waals surface area contributed by atoms with Crippen molar-refractivity contribution in [3.8, 4) is 5.75 Å². The number of hydrogen-bond donors (Lipinski definition) is 2. The number of amides is 2. The van der Waals surface area contributed by atoms with Crippen molar-refractivity contribution in [1.82, 2.24) is 15.5 Å². The molecule has 23 heavy (non-hydrogen) atoms. The van der Waals surface area contributed by atoms with Gasteiger partial charge in [-0.25, -0.2) is 13.6 Å². The molecule has 1 aromatic carbocycles. The predicted octanol–water partition coefficient (Wildman–Crippen LogP) is 3.16. The molecule has 0 aliphatic heterocycles. The van der Waals surface area contributed by atoms with Crippen LogP contribution in [0.1, 0.15) is 29.3 Å². The van der Waals surface area contributed by atoms with Gasteiger partial charge in [0, 0.05) is 12.0 Å². The maximum atomic E-state index is 12.4. The fourth-order valence-corrected chi connectivity index (χ4v) is 2.94. The highest BCUT2D eigenvalue weighted by Crippen LogP contribution is 2.44. The summed E-state index contributed by atoms with van der Waals surface area (Å²) in [5.74, 6) is 0.968. The number of halogens is 2. The Labute approximate surface area is 134 Å². The molecule has 0 radical (unpaired) electrons. The van der Waals surface area contributed by atoms with Crippen molar-refractivity contribution in [3.05, 3.63) is 34.8 Å². The molecule has 1 aromatic heterocycles. The number of nitrogens with zero attached hydrogens (tertiary/aromatic N) is 2. The van der Waals surface area contributed by atoms with Gasteiger partial charge in [0.25, 0.3) is 6.43 Å². The van der Waals surface area contributed by atoms with Crippen LogP contribution in [-0.2, 0) is 0 Å². The van der Waals surface area contributed by atoms with Crippen LogP contribution >= 0.6 is 11.3 Å². The summed E-state index contributed by atoms with van der Waals surface area (Å²) in [6, 6.07) is 7.13. The van der Waals surface area contributed by atoms with Crippen LogP contribution in [0.5, 0.6) is 5.75 Å². The summed E-state index contributed by atoms with van der Waals surface area (Å²) >= 11 is 0.656. The predicted molar refractivity (Wildman–Crippen MR) is 81.2 cm³/mol. The van der Waals surface area contributed by atoms with Gasteiger partial charge in [-0.2, -0.15) is 0 Å². The summed E-state index contributed by atoms with van der Waals surface area (Å²) in [7, 11) is 1.60. The van der Waals surface area contributed by atoms with Crippen LogP contribution in [0.15, 0.2) is 24.3 Å². The molecule has 0 saturated heterocycles. The molecular formula is C14H14F2N4O2S. The van der Waals surface area contributed by atoms with E-state index in [0.717, 1.165) is 17.7 Å². The third kappa shape index (κ3) is 3.55. The Morgan fingerprint density at radius 1 is 1.39 bits per heavy atom. The normalized spacial score (nSPS) is 19.5. The Morgan fingerprint density at radius 3 is 2.87 bits per heavy atom. The molecule has 0 unspecified atom stereocenters. The lowest BCUT2D eigenvalue weighted by atomic mass is 10.1. The molecule has 0 bridgehead atoms. The van der Waals surface area contributed by atoms with E-state index in [1.165, 1.54) is 0 Å². The number of ether oxygens (including phenoxy) is 1. The molecular weight excluding hydrogens is 326 g/mol. The van der Waals surface area contributed by atoms with Crippen LogP contribution in [0.25, 0.3) is 0 Å². The molecule has 3 rings (SSSR count). The van der Waals surface area contributed by atoms with Gasteiger partial charge in [0.2, 0.25) is 5.13 Å². The van der Waals surface area contributed by atoms with Crippen LogP contribution < -0.4 is 15.4 Å². The van der Waals surface area contributed by atoms with E-state index in [4.69, 9.17) is 4.74 Å². The van der Waals surface area contributed by atoms with Gasteiger partial charge in [-0.3, -0.25) is 5.32 Å². The van der Waals surface area contributed by atoms with Gasteiger partial charge in [0.05, 0.1) is 7.11 Å². The van der Waals surface area contributed by atoms with E-state index >= 15 is 0 Å². The number of alkyl halides is 2. The summed E-state index contributed by atoms with van der Waals surface area (Å²) < 4.78 is 30.1. The van der Waals surface area contributed by atoms with Gasteiger partial charge in [-0.05, 0) is 18.1 Å². The van der Waals surface area contributed by atoms with Crippen molar-refractivity contribution in [2.75, 3.05) is 12.4 Å². The fourth-order valence-electron chi connectivity index (χ4n) is 2.35. The first-order valence-corrected chi connectivity index (χ1v) is 7.72. The van der Waals surface area contributed by atoms with Crippen molar-refractivity contribution in [2.24, 2.45) is 0 Å². The lowest BCUT2D eigenvalue weighted by Gasteiger charge is -2.08. The molecule has 1 saturated carbocycles. The van der Waals surface area contributed by atoms with Crippen LogP contribution in [-0.4, -0.2) is 29.4 Å². The quantitative estimate of drug-likeness (QED) is 0.877. The molecule has 2 amide bonds. The number of urea groups is 1. The zero-order valence-corrected chi connectivity index (χ0v) is 12.9. The smallest absolute Gasteiger partial charge is 0.321 e. The molecule has 2 aromatic rings. The van der Waals surface area contributed by atoms with E-state index in [0.29, 0.717) is 11.3 Å². The van der Waals surface area contributed by atoms with Gasteiger partial charge in [-0.1, -0.05) is 29.5 Å². The molecule has 6 nitrogen and oxygen atoms in total. The number of carbonyl (C=O) groups is 1. The average molecular weight is 340 g/mol. The maximum Gasteiger partial charge on any atom is 0.321 e. The maximum absolute atomic E-state index is 12.4. The number of nitrogens with one attached hydrogen (secondary N) is 2. The van der Waals surface area contributed by atoms with Gasteiger partial charge in [0.15, 0.2) is 5.01 Å². The largest absolute Gasteiger partial charge is 0.496 e. The summed E-state index contributed by atoms with van der Waals surface area (Å²) in [6.07, 6.45) is -1.89. The minimum absolute atomic E-state index is 0.0196. The number of para-hydroxylation sites is 1. The van der Waals surface area contributed by atoms with Crippen LogP contribution in [0.4, 0.5) is 18.7 Å². The number of hydrogen-bond acceptors (Lipinski definition) is 5. The summed E-state index contributed by atoms with van der Waals surface area (Å²) in [5, 5.41) is 11.7. The molecule has 0 spiro atoms. The SMILES string of the molecule is COc1ccccc1[C@@H]1C[C@@H]1NC(=O)Nc1nnc(C(F)F)s1. The zero-order valence-electron chi connectivity index (χ0n) is 12.1. The van der Waals surface area contributed by atoms with E-state index in [1.807, 2.05) is 24.3 Å². The second kappa shape index (κ2) is 6.45. The zero-order chi connectivity index (χ0) is 16.4. The summed E-state index contributed by atoms with van der Waals surface area (Å²) in [4.78, 5) is 11.9. The van der Waals surface area contributed by atoms with Crippen LogP contribution in [0.3, 0.4) is 0 Å². The molecule has 2 N–H and O–H groups in total. The Morgan fingerprint density at radius 2 is 2.17 bits per heavy atom. The number of rotatable bonds is 5. The van der Waals surface area contributed by atoms with Gasteiger partial charge < -0.3 is 10.1 Å². The van der Waals surface area contributed by atoms with Crippen molar-refractivity contribution in [1.29, 1.82) is 0 Å². The topological polar surface area (TPSA) is 76.1 Å². The summed E-state index contributed by atoms with van der Waals surface area (Å²) in [5.41, 5.74) is 1.04. The van der Waals surface area contributed by atoms with Crippen molar-refractivity contribution in [2.45, 2.75) is 24.8 Å². The van der Waals surface area contributed by atoms with E-state index in [9.17, 15) is 13.6 Å². The molecule has 1 aliphatic carbocycles. The highest BCUT2D eigenvalue weighted by atomic mass is 32.1. The lowest BCUT2D eigenvalue weighted by Crippen LogP contribution is -2.31. The summed E-state index contributed by atoms with van der Waals surface area (Å²) in [6.45, 7) is 0. The van der Waals surface area contributed by atoms with Crippen LogP contribution in [0.2, 0.25) is 0 Å². The highest BCUT2D eigenvalue weighted by Gasteiger charge is 2.41. The monoisotopic (exact) mass is 340 g/mol. The Bertz CT molecular complexity index is 710. The van der Waals surface area contributed by atoms with E-state index in [1.54, 1.807) is 7.11 Å². The molecule has 1 aliphatic rings. The fraction of sp³-hybridized carbons (Fsp3) is 0.357. The van der Waals surface area contributed by atoms with Crippen molar-refractivity contribution >= 4 is 22.5 Å². The minimum Gasteiger partial charge on any atom is -0.496 e. The first-order chi connectivity index (χ1) is 11.1. The van der Waals surface area contributed by atoms with E-state index in [-0.39, 0.29) is 17.1 Å². The molecule has 1 fully saturated rings. The average Bonchev–Trinajstić information content (AvgIpc) is 3.12. The van der Waals surface area contributed by atoms with E-state index in [2.05, 4.69) is 20.8 Å². The number of benzene rings is 1. The first-order valence-electron chi connectivity index (χ1n) is 6.90. The number of methoxy groups -OCH3 is 1. The molecule has 122 valence electrons. The third-order valence-corrected chi connectivity index (χ3v) is 4.34. The Hall–Kier alpha value is -2.29. The standard InChI is InChI=1S/C14H14F2N4O2S/c1-22-10-5-3-2-4-7(10)8-6-9(8)17-13(21)18-14-20-19-12(23-14)11(15)16/h2-5,8-9,11H,6H2,1H3,(H2,17,18,20,21)/t8-,9-/m0/s1. The van der Waals surface area contributed by atoms with Crippen molar-refractivity contribution < 1.29 is 18.3 Å². The lowest BCUT2D eigenvalue weighted by molar-refractivity contribution is 0.150. The molecule has 9 heteroatoms. The highest BCUT2D eigenvalue weighted by molar-refractivity contribution is 7.15. The van der Waals surface area contributed by atoms with Crippen molar-refractivity contribution in [3.63, 3.8) is 0 Å². The number of carbonyl (C=O) groups excluding carboxylic acids is 1.